The van der Waals surface area contributed by atoms with Gasteiger partial charge in [0.05, 0.1) is 12.7 Å². The van der Waals surface area contributed by atoms with E-state index in [2.05, 4.69) is 21.4 Å². The van der Waals surface area contributed by atoms with Gasteiger partial charge in [-0.3, -0.25) is 0 Å². The van der Waals surface area contributed by atoms with Crippen LogP contribution < -0.4 is 0 Å². The Morgan fingerprint density at radius 1 is 1.67 bits per heavy atom. The minimum Gasteiger partial charge on any atom is -0.465 e. The second kappa shape index (κ2) is 3.53. The molecule has 5 nitrogen and oxygen atoms in total. The number of nitrogens with zero attached hydrogens (tertiary/aromatic N) is 3. The Morgan fingerprint density at radius 3 is 3.13 bits per heavy atom. The highest BCUT2D eigenvalue weighted by atomic mass is 16.5. The normalized spacial score (nSPS) is 10.2. The summed E-state index contributed by atoms with van der Waals surface area (Å²) in [5.41, 5.74) is 1.04. The van der Waals surface area contributed by atoms with Crippen LogP contribution in [0.2, 0.25) is 0 Å². The molecule has 2 aromatic rings. The van der Waals surface area contributed by atoms with Crippen molar-refractivity contribution in [1.29, 1.82) is 0 Å². The summed E-state index contributed by atoms with van der Waals surface area (Å²) in [5.74, 6) is 0.137. The molecule has 0 aliphatic rings. The fraction of sp³-hybridized carbons (Fsp3) is 0.100. The zero-order valence-electron chi connectivity index (χ0n) is 8.17. The van der Waals surface area contributed by atoms with Crippen LogP contribution in [-0.2, 0) is 4.74 Å². The molecule has 0 amide bonds. The van der Waals surface area contributed by atoms with Gasteiger partial charge >= 0.3 is 5.97 Å². The van der Waals surface area contributed by atoms with Crippen molar-refractivity contribution in [3.05, 3.63) is 36.3 Å². The number of carbonyl (C=O) groups excluding carboxylic acids is 1. The van der Waals surface area contributed by atoms with E-state index in [-0.39, 0.29) is 5.97 Å². The molecule has 0 aliphatic heterocycles. The Balaban J connectivity index is 2.55. The van der Waals surface area contributed by atoms with E-state index in [4.69, 9.17) is 0 Å². The second-order valence-corrected chi connectivity index (χ2v) is 2.88. The van der Waals surface area contributed by atoms with Gasteiger partial charge < -0.3 is 4.74 Å². The lowest BCUT2D eigenvalue weighted by atomic mass is 10.3. The summed E-state index contributed by atoms with van der Waals surface area (Å²) in [6.45, 7) is 3.57. The molecule has 0 bridgehead atoms. The highest BCUT2D eigenvalue weighted by Crippen LogP contribution is 2.07. The number of hydrogen-bond donors (Lipinski definition) is 0. The lowest BCUT2D eigenvalue weighted by Crippen LogP contribution is -2.02. The zero-order chi connectivity index (χ0) is 10.8. The first-order valence-electron chi connectivity index (χ1n) is 4.32. The number of methoxy groups -OCH3 is 1. The molecule has 2 heterocycles. The first-order valence-corrected chi connectivity index (χ1v) is 4.32. The Hall–Kier alpha value is -2.17. The van der Waals surface area contributed by atoms with E-state index in [0.29, 0.717) is 17.0 Å². The van der Waals surface area contributed by atoms with Crippen LogP contribution in [0, 0.1) is 0 Å². The van der Waals surface area contributed by atoms with E-state index in [1.807, 2.05) is 0 Å². The highest BCUT2D eigenvalue weighted by Gasteiger charge is 2.07. The molecule has 5 heteroatoms. The molecule has 0 aromatic carbocycles. The number of rotatable bonds is 2. The molecule has 0 spiro atoms. The van der Waals surface area contributed by atoms with Crippen molar-refractivity contribution < 1.29 is 9.53 Å². The molecule has 0 saturated heterocycles. The van der Waals surface area contributed by atoms with Crippen LogP contribution in [0.5, 0.6) is 0 Å². The van der Waals surface area contributed by atoms with Gasteiger partial charge in [-0.1, -0.05) is 6.58 Å². The number of hydrogen-bond acceptors (Lipinski definition) is 4. The molecule has 2 aromatic heterocycles. The van der Waals surface area contributed by atoms with E-state index in [1.165, 1.54) is 7.11 Å². The summed E-state index contributed by atoms with van der Waals surface area (Å²) in [6, 6.07) is 3.24. The van der Waals surface area contributed by atoms with Gasteiger partial charge in [0.2, 0.25) is 0 Å². The first kappa shape index (κ1) is 9.39. The van der Waals surface area contributed by atoms with Gasteiger partial charge in [0.15, 0.2) is 11.5 Å². The van der Waals surface area contributed by atoms with E-state index < -0.39 is 0 Å². The quantitative estimate of drug-likeness (QED) is 0.687. The molecule has 0 fully saturated rings. The van der Waals surface area contributed by atoms with Crippen LogP contribution in [0.15, 0.2) is 24.9 Å². The molecule has 2 rings (SSSR count). The van der Waals surface area contributed by atoms with Crippen molar-refractivity contribution >= 4 is 17.7 Å². The Labute approximate surface area is 86.0 Å². The third-order valence-electron chi connectivity index (χ3n) is 1.96. The molecule has 0 radical (unpaired) electrons. The summed E-state index contributed by atoms with van der Waals surface area (Å²) in [4.78, 5) is 15.4. The van der Waals surface area contributed by atoms with Crippen molar-refractivity contribution in [1.82, 2.24) is 14.6 Å². The Morgan fingerprint density at radius 2 is 2.47 bits per heavy atom. The summed E-state index contributed by atoms with van der Waals surface area (Å²) in [6.07, 6.45) is 3.20. The average molecular weight is 203 g/mol. The summed E-state index contributed by atoms with van der Waals surface area (Å²) in [5, 5.41) is 4.09. The van der Waals surface area contributed by atoms with Gasteiger partial charge in [0.25, 0.3) is 0 Å². The van der Waals surface area contributed by atoms with Crippen LogP contribution >= 0.6 is 0 Å². The highest BCUT2D eigenvalue weighted by molar-refractivity contribution is 5.90. The van der Waals surface area contributed by atoms with Gasteiger partial charge in [-0.2, -0.15) is 0 Å². The van der Waals surface area contributed by atoms with Crippen LogP contribution in [0.25, 0.3) is 11.7 Å². The fourth-order valence-corrected chi connectivity index (χ4v) is 1.23. The maximum atomic E-state index is 11.2. The second-order valence-electron chi connectivity index (χ2n) is 2.88. The van der Waals surface area contributed by atoms with E-state index in [9.17, 15) is 4.79 Å². The van der Waals surface area contributed by atoms with Gasteiger partial charge in [0.1, 0.15) is 0 Å². The van der Waals surface area contributed by atoms with Gasteiger partial charge in [-0.15, -0.1) is 5.10 Å². The molecule has 0 aliphatic carbocycles. The Kier molecular flexibility index (Phi) is 2.21. The van der Waals surface area contributed by atoms with E-state index in [1.54, 1.807) is 28.9 Å². The lowest BCUT2D eigenvalue weighted by molar-refractivity contribution is 0.0600. The first-order chi connectivity index (χ1) is 7.24. The minimum absolute atomic E-state index is 0.388. The third kappa shape index (κ3) is 1.59. The average Bonchev–Trinajstić information content (AvgIpc) is 2.69. The van der Waals surface area contributed by atoms with Crippen LogP contribution in [0.3, 0.4) is 0 Å². The van der Waals surface area contributed by atoms with Crippen molar-refractivity contribution in [3.8, 4) is 0 Å². The van der Waals surface area contributed by atoms with Gasteiger partial charge in [-0.05, 0) is 18.2 Å². The maximum Gasteiger partial charge on any atom is 0.338 e. The number of fused-ring (bicyclic) bond motifs is 1. The minimum atomic E-state index is -0.388. The van der Waals surface area contributed by atoms with Gasteiger partial charge in [0, 0.05) is 6.20 Å². The SMILES string of the molecule is C=Cc1nc2cc(C(=O)OC)ccn2n1. The third-order valence-corrected chi connectivity index (χ3v) is 1.96. The number of carbonyl (C=O) groups is 1. The summed E-state index contributed by atoms with van der Waals surface area (Å²) >= 11 is 0. The van der Waals surface area contributed by atoms with Crippen molar-refractivity contribution in [2.45, 2.75) is 0 Å². The van der Waals surface area contributed by atoms with Crippen molar-refractivity contribution in [3.63, 3.8) is 0 Å². The number of ether oxygens (including phenoxy) is 1. The number of esters is 1. The fourth-order valence-electron chi connectivity index (χ4n) is 1.23. The van der Waals surface area contributed by atoms with Crippen LogP contribution in [0.4, 0.5) is 0 Å². The van der Waals surface area contributed by atoms with Crippen molar-refractivity contribution in [2.75, 3.05) is 7.11 Å². The molecule has 15 heavy (non-hydrogen) atoms. The molecular formula is C10H9N3O2. The van der Waals surface area contributed by atoms with Crippen molar-refractivity contribution in [2.24, 2.45) is 0 Å². The number of pyridine rings is 1. The summed E-state index contributed by atoms with van der Waals surface area (Å²) in [7, 11) is 1.34. The van der Waals surface area contributed by atoms with E-state index in [0.717, 1.165) is 0 Å². The Bertz CT molecular complexity index is 530. The standard InChI is InChI=1S/C10H9N3O2/c1-3-8-11-9-6-7(10(14)15-2)4-5-13(9)12-8/h3-6H,1H2,2H3. The topological polar surface area (TPSA) is 56.5 Å². The van der Waals surface area contributed by atoms with E-state index >= 15 is 0 Å². The van der Waals surface area contributed by atoms with Gasteiger partial charge in [-0.25, -0.2) is 14.3 Å². The predicted octanol–water partition coefficient (Wildman–Crippen LogP) is 1.16. The van der Waals surface area contributed by atoms with Crippen LogP contribution in [0.1, 0.15) is 16.2 Å². The summed E-state index contributed by atoms with van der Waals surface area (Å²) < 4.78 is 6.17. The molecular weight excluding hydrogens is 194 g/mol. The molecule has 0 atom stereocenters. The largest absolute Gasteiger partial charge is 0.465 e. The van der Waals surface area contributed by atoms with Crippen LogP contribution in [-0.4, -0.2) is 27.7 Å². The maximum absolute atomic E-state index is 11.2. The molecule has 0 saturated carbocycles. The zero-order valence-corrected chi connectivity index (χ0v) is 8.17. The smallest absolute Gasteiger partial charge is 0.338 e. The lowest BCUT2D eigenvalue weighted by Gasteiger charge is -1.97. The molecule has 0 N–H and O–H groups in total. The molecule has 76 valence electrons. The predicted molar refractivity (Wildman–Crippen MR) is 54.4 cm³/mol. The monoisotopic (exact) mass is 203 g/mol. The molecule has 0 unspecified atom stereocenters. The number of aromatic nitrogens is 3.